The van der Waals surface area contributed by atoms with Gasteiger partial charge in [-0.05, 0) is 31.6 Å². The first kappa shape index (κ1) is 19.7. The molecule has 1 aromatic heterocycles. The number of carboxylic acid groups (broad SMARTS) is 1. The maximum Gasteiger partial charge on any atom is 0.347 e. The number of benzene rings is 1. The van der Waals surface area contributed by atoms with Crippen molar-refractivity contribution in [2.24, 2.45) is 0 Å². The summed E-state index contributed by atoms with van der Waals surface area (Å²) in [4.78, 5) is 16.6. The van der Waals surface area contributed by atoms with Crippen molar-refractivity contribution in [3.05, 3.63) is 70.8 Å². The minimum absolute atomic E-state index is 0.225. The monoisotopic (exact) mass is 382 g/mol. The number of thioether (sulfide) groups is 1. The number of carbonyl (C=O) groups is 1. The highest BCUT2D eigenvalue weighted by atomic mass is 32.2. The van der Waals surface area contributed by atoms with Gasteiger partial charge in [0.1, 0.15) is 16.0 Å². The zero-order chi connectivity index (χ0) is 19.1. The Balaban J connectivity index is 2.29. The van der Waals surface area contributed by atoms with Gasteiger partial charge in [-0.3, -0.25) is 0 Å². The summed E-state index contributed by atoms with van der Waals surface area (Å²) in [7, 11) is 0. The maximum absolute atomic E-state index is 11.2. The number of allylic oxidation sites excluding steroid dienone is 4. The standard InChI is InChI=1S/C20H18N2O2S2/c1-4-6-14(7-5-2)12-25-17-9-8-15(10-16(17)11-21)19-22-13(3)18(26-19)20(23)24/h4-10H,1,12H2,2-3H3,(H,23,24). The molecule has 0 radical (unpaired) electrons. The minimum Gasteiger partial charge on any atom is -0.477 e. The first-order chi connectivity index (χ1) is 12.5. The molecule has 0 aliphatic heterocycles. The van der Waals surface area contributed by atoms with Crippen LogP contribution < -0.4 is 0 Å². The first-order valence-electron chi connectivity index (χ1n) is 7.82. The lowest BCUT2D eigenvalue weighted by molar-refractivity contribution is 0.0701. The van der Waals surface area contributed by atoms with E-state index >= 15 is 0 Å². The van der Waals surface area contributed by atoms with Gasteiger partial charge in [0.25, 0.3) is 0 Å². The summed E-state index contributed by atoms with van der Waals surface area (Å²) < 4.78 is 0. The third kappa shape index (κ3) is 4.72. The number of thiazole rings is 1. The van der Waals surface area contributed by atoms with Gasteiger partial charge < -0.3 is 5.11 Å². The molecule has 4 nitrogen and oxygen atoms in total. The van der Waals surface area contributed by atoms with Gasteiger partial charge in [-0.1, -0.05) is 36.9 Å². The van der Waals surface area contributed by atoms with Gasteiger partial charge in [0, 0.05) is 16.2 Å². The van der Waals surface area contributed by atoms with Gasteiger partial charge in [0.15, 0.2) is 0 Å². The van der Waals surface area contributed by atoms with E-state index in [0.29, 0.717) is 16.3 Å². The molecule has 0 fully saturated rings. The number of aromatic nitrogens is 1. The number of carboxylic acids is 1. The molecule has 6 heteroatoms. The number of hydrogen-bond donors (Lipinski definition) is 1. The molecule has 0 spiro atoms. The summed E-state index contributed by atoms with van der Waals surface area (Å²) >= 11 is 2.70. The third-order valence-electron chi connectivity index (χ3n) is 3.44. The van der Waals surface area contributed by atoms with Crippen LogP contribution >= 0.6 is 23.1 Å². The second kappa shape index (κ2) is 9.18. The van der Waals surface area contributed by atoms with Gasteiger partial charge in [0.2, 0.25) is 0 Å². The quantitative estimate of drug-likeness (QED) is 0.508. The van der Waals surface area contributed by atoms with E-state index in [0.717, 1.165) is 33.1 Å². The van der Waals surface area contributed by atoms with E-state index in [9.17, 15) is 15.2 Å². The molecule has 1 N–H and O–H groups in total. The van der Waals surface area contributed by atoms with Crippen molar-refractivity contribution in [1.29, 1.82) is 5.26 Å². The summed E-state index contributed by atoms with van der Waals surface area (Å²) in [6.07, 6.45) is 7.67. The smallest absolute Gasteiger partial charge is 0.347 e. The molecule has 0 atom stereocenters. The van der Waals surface area contributed by atoms with Crippen LogP contribution in [0.1, 0.15) is 27.9 Å². The van der Waals surface area contributed by atoms with Gasteiger partial charge >= 0.3 is 5.97 Å². The van der Waals surface area contributed by atoms with Crippen LogP contribution in [-0.4, -0.2) is 21.8 Å². The van der Waals surface area contributed by atoms with Crippen molar-refractivity contribution >= 4 is 29.1 Å². The van der Waals surface area contributed by atoms with Gasteiger partial charge in [-0.2, -0.15) is 5.26 Å². The van der Waals surface area contributed by atoms with Crippen LogP contribution in [0.5, 0.6) is 0 Å². The molecule has 0 saturated carbocycles. The number of aromatic carboxylic acids is 1. The normalized spacial score (nSPS) is 11.5. The van der Waals surface area contributed by atoms with E-state index in [1.54, 1.807) is 30.8 Å². The van der Waals surface area contributed by atoms with Crippen LogP contribution in [-0.2, 0) is 0 Å². The fourth-order valence-corrected chi connectivity index (χ4v) is 4.11. The molecule has 1 aromatic carbocycles. The second-order valence-electron chi connectivity index (χ2n) is 5.33. The van der Waals surface area contributed by atoms with Crippen molar-refractivity contribution in [1.82, 2.24) is 4.98 Å². The zero-order valence-electron chi connectivity index (χ0n) is 14.5. The Hall–Kier alpha value is -2.62. The van der Waals surface area contributed by atoms with Crippen LogP contribution in [0.2, 0.25) is 0 Å². The molecule has 2 aromatic rings. The largest absolute Gasteiger partial charge is 0.477 e. The molecule has 0 aliphatic carbocycles. The average Bonchev–Trinajstić information content (AvgIpc) is 3.02. The van der Waals surface area contributed by atoms with Crippen molar-refractivity contribution < 1.29 is 9.90 Å². The Labute approximate surface area is 161 Å². The fraction of sp³-hybridized carbons (Fsp3) is 0.150. The predicted molar refractivity (Wildman–Crippen MR) is 108 cm³/mol. The lowest BCUT2D eigenvalue weighted by atomic mass is 10.1. The van der Waals surface area contributed by atoms with Crippen LogP contribution in [0.3, 0.4) is 0 Å². The first-order valence-corrected chi connectivity index (χ1v) is 9.62. The lowest BCUT2D eigenvalue weighted by Gasteiger charge is -2.06. The molecule has 0 unspecified atom stereocenters. The Morgan fingerprint density at radius 2 is 2.27 bits per heavy atom. The Morgan fingerprint density at radius 3 is 2.85 bits per heavy atom. The Kier molecular flexibility index (Phi) is 6.96. The molecule has 0 bridgehead atoms. The van der Waals surface area contributed by atoms with Gasteiger partial charge in [-0.25, -0.2) is 9.78 Å². The summed E-state index contributed by atoms with van der Waals surface area (Å²) in [5.41, 5.74) is 2.90. The fourth-order valence-electron chi connectivity index (χ4n) is 2.27. The van der Waals surface area contributed by atoms with E-state index in [2.05, 4.69) is 17.6 Å². The molecule has 2 rings (SSSR count). The highest BCUT2D eigenvalue weighted by Gasteiger charge is 2.16. The highest BCUT2D eigenvalue weighted by molar-refractivity contribution is 7.99. The van der Waals surface area contributed by atoms with E-state index in [4.69, 9.17) is 0 Å². The number of nitrogens with zero attached hydrogens (tertiary/aromatic N) is 2. The molecule has 0 aliphatic rings. The van der Waals surface area contributed by atoms with Crippen molar-refractivity contribution in [3.8, 4) is 16.6 Å². The van der Waals surface area contributed by atoms with Gasteiger partial charge in [0.05, 0.1) is 11.3 Å². The minimum atomic E-state index is -0.982. The number of nitriles is 1. The van der Waals surface area contributed by atoms with E-state index < -0.39 is 5.97 Å². The molecule has 26 heavy (non-hydrogen) atoms. The van der Waals surface area contributed by atoms with Crippen LogP contribution in [0.25, 0.3) is 10.6 Å². The molecular weight excluding hydrogens is 364 g/mol. The average molecular weight is 383 g/mol. The SMILES string of the molecule is C=CC=C(C=CC)CSc1ccc(-c2nc(C)c(C(=O)O)s2)cc1C#N. The predicted octanol–water partition coefficient (Wildman–Crippen LogP) is 5.47. The summed E-state index contributed by atoms with van der Waals surface area (Å²) in [6, 6.07) is 7.74. The summed E-state index contributed by atoms with van der Waals surface area (Å²) in [5, 5.41) is 19.3. The number of rotatable bonds is 7. The van der Waals surface area contributed by atoms with Crippen LogP contribution in [0.4, 0.5) is 0 Å². The van der Waals surface area contributed by atoms with Crippen molar-refractivity contribution in [3.63, 3.8) is 0 Å². The van der Waals surface area contributed by atoms with E-state index in [1.165, 1.54) is 0 Å². The van der Waals surface area contributed by atoms with E-state index in [-0.39, 0.29) is 4.88 Å². The molecule has 1 heterocycles. The zero-order valence-corrected chi connectivity index (χ0v) is 16.2. The Morgan fingerprint density at radius 1 is 1.50 bits per heavy atom. The van der Waals surface area contributed by atoms with Gasteiger partial charge in [-0.15, -0.1) is 23.1 Å². The molecule has 0 saturated heterocycles. The van der Waals surface area contributed by atoms with E-state index in [1.807, 2.05) is 37.3 Å². The maximum atomic E-state index is 11.2. The van der Waals surface area contributed by atoms with Crippen LogP contribution in [0.15, 0.2) is 59.6 Å². The number of aryl methyl sites for hydroxylation is 1. The highest BCUT2D eigenvalue weighted by Crippen LogP contribution is 2.32. The molecule has 132 valence electrons. The number of hydrogen-bond acceptors (Lipinski definition) is 5. The molecule has 0 amide bonds. The van der Waals surface area contributed by atoms with Crippen LogP contribution in [0, 0.1) is 18.3 Å². The lowest BCUT2D eigenvalue weighted by Crippen LogP contribution is -1.94. The second-order valence-corrected chi connectivity index (χ2v) is 7.34. The summed E-state index contributed by atoms with van der Waals surface area (Å²) in [6.45, 7) is 7.35. The topological polar surface area (TPSA) is 74.0 Å². The van der Waals surface area contributed by atoms with Crippen molar-refractivity contribution in [2.75, 3.05) is 5.75 Å². The Bertz CT molecular complexity index is 934. The summed E-state index contributed by atoms with van der Waals surface area (Å²) in [5.74, 6) is -0.256. The third-order valence-corrected chi connectivity index (χ3v) is 5.78. The van der Waals surface area contributed by atoms with Crippen molar-refractivity contribution in [2.45, 2.75) is 18.7 Å². The molecular formula is C20H18N2O2S2.